The minimum atomic E-state index is -4.55. The molecule has 0 aliphatic heterocycles. The molecule has 0 fully saturated rings. The highest BCUT2D eigenvalue weighted by atomic mass is 31.2. The van der Waals surface area contributed by atoms with E-state index < -0.39 is 13.9 Å². The van der Waals surface area contributed by atoms with Crippen LogP contribution in [0, 0.1) is 0 Å². The van der Waals surface area contributed by atoms with Gasteiger partial charge in [-0.1, -0.05) is 166 Å². The van der Waals surface area contributed by atoms with Crippen LogP contribution < -0.4 is 4.89 Å². The van der Waals surface area contributed by atoms with E-state index in [1.165, 1.54) is 96.3 Å². The summed E-state index contributed by atoms with van der Waals surface area (Å²) >= 11 is 0. The average Bonchev–Trinajstić information content (AvgIpc) is 3.13. The van der Waals surface area contributed by atoms with E-state index in [4.69, 9.17) is 18.5 Å². The maximum Gasteiger partial charge on any atom is 0.306 e. The maximum absolute atomic E-state index is 12.7. The van der Waals surface area contributed by atoms with Crippen LogP contribution in [0.1, 0.15) is 187 Å². The number of phosphoric acid groups is 1. The predicted molar refractivity (Wildman–Crippen MR) is 231 cm³/mol. The minimum Gasteiger partial charge on any atom is -0.756 e. The molecule has 0 saturated carbocycles. The van der Waals surface area contributed by atoms with E-state index in [0.29, 0.717) is 11.0 Å². The van der Waals surface area contributed by atoms with Crippen LogP contribution in [-0.4, -0.2) is 64.1 Å². The van der Waals surface area contributed by atoms with Gasteiger partial charge in [0.1, 0.15) is 19.8 Å². The van der Waals surface area contributed by atoms with Crippen molar-refractivity contribution in [1.82, 2.24) is 0 Å². The topological polar surface area (TPSA) is 94.1 Å². The number of hydrogen-bond acceptors (Lipinski definition) is 7. The monoisotopic (exact) mass is 796 g/mol. The molecule has 0 heterocycles. The van der Waals surface area contributed by atoms with Gasteiger partial charge >= 0.3 is 5.97 Å². The first kappa shape index (κ1) is 53.3. The molecule has 0 amide bonds. The second kappa shape index (κ2) is 39.1. The Hall–Kier alpha value is -1.70. The molecule has 0 aromatic carbocycles. The van der Waals surface area contributed by atoms with Crippen LogP contribution in [0.15, 0.2) is 48.8 Å². The summed E-state index contributed by atoms with van der Waals surface area (Å²) in [5.41, 5.74) is 0. The molecule has 0 aromatic rings. The Labute approximate surface area is 339 Å². The summed E-state index contributed by atoms with van der Waals surface area (Å²) in [6, 6.07) is 0. The van der Waals surface area contributed by atoms with Gasteiger partial charge in [-0.15, -0.1) is 0 Å². The molecule has 0 aromatic heterocycles. The molecule has 55 heavy (non-hydrogen) atoms. The Morgan fingerprint density at radius 1 is 0.600 bits per heavy atom. The summed E-state index contributed by atoms with van der Waals surface area (Å²) in [7, 11) is 1.31. The summed E-state index contributed by atoms with van der Waals surface area (Å²) in [4.78, 5) is 25.0. The van der Waals surface area contributed by atoms with E-state index in [-0.39, 0.29) is 32.2 Å². The predicted octanol–water partition coefficient (Wildman–Crippen LogP) is 12.9. The quantitative estimate of drug-likeness (QED) is 0.0152. The maximum atomic E-state index is 12.7. The van der Waals surface area contributed by atoms with Crippen molar-refractivity contribution in [1.29, 1.82) is 0 Å². The lowest BCUT2D eigenvalue weighted by Gasteiger charge is -2.28. The number of carbonyl (C=O) groups is 1. The number of rotatable bonds is 41. The van der Waals surface area contributed by atoms with Crippen molar-refractivity contribution in [3.63, 3.8) is 0 Å². The second-order valence-corrected chi connectivity index (χ2v) is 17.5. The van der Waals surface area contributed by atoms with E-state index in [1.807, 2.05) is 27.2 Å². The van der Waals surface area contributed by atoms with E-state index in [0.717, 1.165) is 70.6 Å². The van der Waals surface area contributed by atoms with Crippen molar-refractivity contribution in [3.8, 4) is 0 Å². The molecule has 0 saturated heterocycles. The number of nitrogens with zero attached hydrogens (tertiary/aromatic N) is 1. The van der Waals surface area contributed by atoms with Crippen molar-refractivity contribution in [2.24, 2.45) is 0 Å². The summed E-state index contributed by atoms with van der Waals surface area (Å²) in [6.45, 7) is 4.61. The minimum absolute atomic E-state index is 0.0121. The van der Waals surface area contributed by atoms with Gasteiger partial charge in [-0.2, -0.15) is 0 Å². The summed E-state index contributed by atoms with van der Waals surface area (Å²) in [6.07, 6.45) is 47.9. The standard InChI is InChI=1S/C46H86NO7P/c1-6-8-10-12-14-16-18-20-22-23-24-26-28-30-32-34-36-38-41-51-43-45(44-53-55(49,50)52-42-40-47(3,4)5)54-46(48)39-37-35-33-31-29-27-25-21-19-17-15-13-11-9-7-2/h9,11,15,17,21,25,38,41,45H,6-8,10,12-14,16,18-20,22-24,26-37,39-40,42-44H2,1-5H3/b11-9-,17-15-,25-21-,41-38-/t45-/m1/s1. The lowest BCUT2D eigenvalue weighted by atomic mass is 10.0. The first-order valence-electron chi connectivity index (χ1n) is 22.4. The van der Waals surface area contributed by atoms with Crippen molar-refractivity contribution in [3.05, 3.63) is 48.8 Å². The molecule has 2 atom stereocenters. The molecule has 8 nitrogen and oxygen atoms in total. The van der Waals surface area contributed by atoms with Crippen LogP contribution in [0.3, 0.4) is 0 Å². The third-order valence-corrected chi connectivity index (χ3v) is 10.4. The number of carbonyl (C=O) groups excluding carboxylic acids is 1. The van der Waals surface area contributed by atoms with Crippen molar-refractivity contribution < 1.29 is 37.3 Å². The molecule has 322 valence electrons. The average molecular weight is 796 g/mol. The molecular weight excluding hydrogens is 709 g/mol. The van der Waals surface area contributed by atoms with Gasteiger partial charge in [-0.3, -0.25) is 9.36 Å². The number of allylic oxidation sites excluding steroid dienone is 7. The van der Waals surface area contributed by atoms with E-state index in [1.54, 1.807) is 6.26 Å². The summed E-state index contributed by atoms with van der Waals surface area (Å²) in [5.74, 6) is -0.373. The number of quaternary nitrogens is 1. The number of hydrogen-bond donors (Lipinski definition) is 0. The lowest BCUT2D eigenvalue weighted by Crippen LogP contribution is -2.37. The Balaban J connectivity index is 4.28. The fourth-order valence-electron chi connectivity index (χ4n) is 6.00. The van der Waals surface area contributed by atoms with Crippen molar-refractivity contribution in [2.75, 3.05) is 47.5 Å². The molecular formula is C46H86NO7P. The molecule has 0 bridgehead atoms. The second-order valence-electron chi connectivity index (χ2n) is 16.1. The van der Waals surface area contributed by atoms with Crippen molar-refractivity contribution in [2.45, 2.75) is 193 Å². The van der Waals surface area contributed by atoms with Gasteiger partial charge in [0, 0.05) is 6.42 Å². The Kier molecular flexibility index (Phi) is 37.9. The zero-order valence-electron chi connectivity index (χ0n) is 36.4. The molecule has 9 heteroatoms. The largest absolute Gasteiger partial charge is 0.756 e. The summed E-state index contributed by atoms with van der Waals surface area (Å²) in [5, 5.41) is 0. The number of esters is 1. The van der Waals surface area contributed by atoms with E-state index in [2.05, 4.69) is 50.3 Å². The van der Waals surface area contributed by atoms with E-state index in [9.17, 15) is 14.3 Å². The first-order chi connectivity index (χ1) is 26.6. The van der Waals surface area contributed by atoms with Gasteiger partial charge in [0.2, 0.25) is 0 Å². The zero-order valence-corrected chi connectivity index (χ0v) is 37.3. The molecule has 0 radical (unpaired) electrons. The molecule has 0 spiro atoms. The van der Waals surface area contributed by atoms with Gasteiger partial charge in [0.05, 0.1) is 34.0 Å². The number of phosphoric ester groups is 1. The third-order valence-electron chi connectivity index (χ3n) is 9.46. The van der Waals surface area contributed by atoms with Crippen LogP contribution >= 0.6 is 7.82 Å². The number of ether oxygens (including phenoxy) is 2. The SMILES string of the molecule is CC/C=C\C/C=C\C/C=C\CCCCCCCC(=O)O[C@H](CO/C=C\CCCCCCCCCCCCCCCCCC)COP(=O)([O-])OCC[N+](C)(C)C. The van der Waals surface area contributed by atoms with Gasteiger partial charge in [-0.05, 0) is 57.4 Å². The van der Waals surface area contributed by atoms with Gasteiger partial charge < -0.3 is 27.9 Å². The Bertz CT molecular complexity index is 1020. The highest BCUT2D eigenvalue weighted by Crippen LogP contribution is 2.38. The van der Waals surface area contributed by atoms with E-state index >= 15 is 0 Å². The van der Waals surface area contributed by atoms with Gasteiger partial charge in [0.25, 0.3) is 7.82 Å². The molecule has 0 N–H and O–H groups in total. The van der Waals surface area contributed by atoms with Crippen LogP contribution in [-0.2, 0) is 27.9 Å². The van der Waals surface area contributed by atoms with Crippen LogP contribution in [0.25, 0.3) is 0 Å². The van der Waals surface area contributed by atoms with Gasteiger partial charge in [0.15, 0.2) is 6.10 Å². The molecule has 0 aliphatic rings. The Morgan fingerprint density at radius 2 is 1.07 bits per heavy atom. The van der Waals surface area contributed by atoms with Crippen LogP contribution in [0.4, 0.5) is 0 Å². The Morgan fingerprint density at radius 3 is 1.60 bits per heavy atom. The highest BCUT2D eigenvalue weighted by Gasteiger charge is 2.20. The van der Waals surface area contributed by atoms with Crippen LogP contribution in [0.5, 0.6) is 0 Å². The zero-order chi connectivity index (χ0) is 40.6. The van der Waals surface area contributed by atoms with Crippen LogP contribution in [0.2, 0.25) is 0 Å². The lowest BCUT2D eigenvalue weighted by molar-refractivity contribution is -0.870. The molecule has 0 rings (SSSR count). The number of unbranched alkanes of at least 4 members (excludes halogenated alkanes) is 21. The first-order valence-corrected chi connectivity index (χ1v) is 23.9. The smallest absolute Gasteiger partial charge is 0.306 e. The third kappa shape index (κ3) is 43.3. The van der Waals surface area contributed by atoms with Crippen molar-refractivity contribution >= 4 is 13.8 Å². The highest BCUT2D eigenvalue weighted by molar-refractivity contribution is 7.45. The summed E-state index contributed by atoms with van der Waals surface area (Å²) < 4.78 is 34.3. The molecule has 0 aliphatic carbocycles. The number of likely N-dealkylation sites (N-methyl/N-ethyl adjacent to an activating group) is 1. The molecule has 1 unspecified atom stereocenters. The van der Waals surface area contributed by atoms with Gasteiger partial charge in [-0.25, -0.2) is 0 Å². The fourth-order valence-corrected chi connectivity index (χ4v) is 6.73. The fraction of sp³-hybridized carbons (Fsp3) is 0.804. The normalized spacial score (nSPS) is 14.1.